The highest BCUT2D eigenvalue weighted by Gasteiger charge is 2.51. The molecule has 3 nitrogen and oxygen atoms in total. The zero-order chi connectivity index (χ0) is 12.5. The standard InChI is InChI=1S/C14H16O3/c1-2-3-12(15)10-4-6-11(7-5-10)14(8-9-14)13(16)17/h4-7H,2-3,8-9H2,1H3,(H,16,17). The molecule has 2 rings (SSSR count). The van der Waals surface area contributed by atoms with Crippen molar-refractivity contribution in [3.63, 3.8) is 0 Å². The number of aliphatic carboxylic acids is 1. The molecule has 0 heterocycles. The molecule has 0 aromatic heterocycles. The van der Waals surface area contributed by atoms with E-state index in [0.29, 0.717) is 24.8 Å². The van der Waals surface area contributed by atoms with E-state index in [2.05, 4.69) is 0 Å². The molecule has 90 valence electrons. The number of ketones is 1. The van der Waals surface area contributed by atoms with E-state index < -0.39 is 11.4 Å². The molecule has 1 saturated carbocycles. The minimum Gasteiger partial charge on any atom is -0.481 e. The average Bonchev–Trinajstić information content (AvgIpc) is 3.11. The van der Waals surface area contributed by atoms with Crippen LogP contribution in [0.1, 0.15) is 48.5 Å². The zero-order valence-corrected chi connectivity index (χ0v) is 9.90. The van der Waals surface area contributed by atoms with Gasteiger partial charge in [0.2, 0.25) is 0 Å². The second-order valence-corrected chi connectivity index (χ2v) is 4.64. The smallest absolute Gasteiger partial charge is 0.314 e. The van der Waals surface area contributed by atoms with Crippen LogP contribution in [-0.2, 0) is 10.2 Å². The van der Waals surface area contributed by atoms with Crippen LogP contribution in [-0.4, -0.2) is 16.9 Å². The summed E-state index contributed by atoms with van der Waals surface area (Å²) < 4.78 is 0. The second kappa shape index (κ2) is 4.32. The van der Waals surface area contributed by atoms with Crippen LogP contribution in [0.15, 0.2) is 24.3 Å². The molecule has 1 fully saturated rings. The van der Waals surface area contributed by atoms with Crippen molar-refractivity contribution in [3.8, 4) is 0 Å². The van der Waals surface area contributed by atoms with Gasteiger partial charge in [-0.05, 0) is 24.8 Å². The monoisotopic (exact) mass is 232 g/mol. The Kier molecular flexibility index (Phi) is 3.01. The van der Waals surface area contributed by atoms with Gasteiger partial charge in [-0.15, -0.1) is 0 Å². The summed E-state index contributed by atoms with van der Waals surface area (Å²) in [6.07, 6.45) is 2.78. The molecule has 0 amide bonds. The third-order valence-corrected chi connectivity index (χ3v) is 3.40. The number of carboxylic acid groups (broad SMARTS) is 1. The Morgan fingerprint density at radius 2 is 1.82 bits per heavy atom. The van der Waals surface area contributed by atoms with Gasteiger partial charge in [0.15, 0.2) is 5.78 Å². The SMILES string of the molecule is CCCC(=O)c1ccc(C2(C(=O)O)CC2)cc1. The average molecular weight is 232 g/mol. The van der Waals surface area contributed by atoms with Crippen LogP contribution in [0, 0.1) is 0 Å². The molecule has 0 radical (unpaired) electrons. The minimum atomic E-state index is -0.759. The molecular weight excluding hydrogens is 216 g/mol. The van der Waals surface area contributed by atoms with E-state index in [1.807, 2.05) is 6.92 Å². The van der Waals surface area contributed by atoms with Crippen LogP contribution in [0.4, 0.5) is 0 Å². The topological polar surface area (TPSA) is 54.4 Å². The van der Waals surface area contributed by atoms with Crippen LogP contribution in [0.2, 0.25) is 0 Å². The molecule has 17 heavy (non-hydrogen) atoms. The van der Waals surface area contributed by atoms with Crippen molar-refractivity contribution in [2.75, 3.05) is 0 Å². The summed E-state index contributed by atoms with van der Waals surface area (Å²) in [7, 11) is 0. The third kappa shape index (κ3) is 2.09. The first-order valence-electron chi connectivity index (χ1n) is 5.97. The predicted octanol–water partition coefficient (Wildman–Crippen LogP) is 2.79. The van der Waals surface area contributed by atoms with Gasteiger partial charge in [-0.3, -0.25) is 9.59 Å². The quantitative estimate of drug-likeness (QED) is 0.794. The summed E-state index contributed by atoms with van der Waals surface area (Å²) in [5, 5.41) is 9.15. The number of carboxylic acids is 1. The molecule has 0 unspecified atom stereocenters. The number of carbonyl (C=O) groups excluding carboxylic acids is 1. The van der Waals surface area contributed by atoms with E-state index in [-0.39, 0.29) is 5.78 Å². The molecule has 1 N–H and O–H groups in total. The first-order valence-corrected chi connectivity index (χ1v) is 5.97. The van der Waals surface area contributed by atoms with Crippen molar-refractivity contribution >= 4 is 11.8 Å². The summed E-state index contributed by atoms with van der Waals surface area (Å²) in [5.41, 5.74) is 0.821. The third-order valence-electron chi connectivity index (χ3n) is 3.40. The molecule has 0 spiro atoms. The van der Waals surface area contributed by atoms with Crippen molar-refractivity contribution in [3.05, 3.63) is 35.4 Å². The zero-order valence-electron chi connectivity index (χ0n) is 9.90. The van der Waals surface area contributed by atoms with Gasteiger partial charge in [0.05, 0.1) is 5.41 Å². The summed E-state index contributed by atoms with van der Waals surface area (Å²) in [4.78, 5) is 22.8. The highest BCUT2D eigenvalue weighted by Crippen LogP contribution is 2.48. The maximum atomic E-state index is 11.6. The highest BCUT2D eigenvalue weighted by atomic mass is 16.4. The summed E-state index contributed by atoms with van der Waals surface area (Å²) >= 11 is 0. The van der Waals surface area contributed by atoms with E-state index in [4.69, 9.17) is 5.11 Å². The fraction of sp³-hybridized carbons (Fsp3) is 0.429. The normalized spacial score (nSPS) is 16.5. The number of carbonyl (C=O) groups is 2. The molecular formula is C14H16O3. The highest BCUT2D eigenvalue weighted by molar-refractivity contribution is 5.96. The fourth-order valence-corrected chi connectivity index (χ4v) is 2.10. The van der Waals surface area contributed by atoms with E-state index in [0.717, 1.165) is 12.0 Å². The van der Waals surface area contributed by atoms with Gasteiger partial charge >= 0.3 is 5.97 Å². The lowest BCUT2D eigenvalue weighted by molar-refractivity contribution is -0.140. The maximum absolute atomic E-state index is 11.6. The summed E-state index contributed by atoms with van der Waals surface area (Å²) in [5.74, 6) is -0.635. The molecule has 0 bridgehead atoms. The predicted molar refractivity (Wildman–Crippen MR) is 64.2 cm³/mol. The van der Waals surface area contributed by atoms with Gasteiger partial charge in [0.1, 0.15) is 0 Å². The lowest BCUT2D eigenvalue weighted by Crippen LogP contribution is -2.19. The number of rotatable bonds is 5. The first-order chi connectivity index (χ1) is 8.10. The van der Waals surface area contributed by atoms with E-state index in [9.17, 15) is 9.59 Å². The molecule has 0 atom stereocenters. The maximum Gasteiger partial charge on any atom is 0.314 e. The van der Waals surface area contributed by atoms with Gasteiger partial charge in [0, 0.05) is 12.0 Å². The molecule has 0 aliphatic heterocycles. The molecule has 1 aliphatic carbocycles. The van der Waals surface area contributed by atoms with Crippen molar-refractivity contribution in [2.24, 2.45) is 0 Å². The molecule has 1 aliphatic rings. The van der Waals surface area contributed by atoms with Gasteiger partial charge in [-0.1, -0.05) is 31.2 Å². The van der Waals surface area contributed by atoms with Crippen molar-refractivity contribution < 1.29 is 14.7 Å². The van der Waals surface area contributed by atoms with Crippen LogP contribution in [0.3, 0.4) is 0 Å². The van der Waals surface area contributed by atoms with Crippen LogP contribution in [0.5, 0.6) is 0 Å². The Morgan fingerprint density at radius 3 is 2.24 bits per heavy atom. The molecule has 1 aromatic rings. The van der Waals surface area contributed by atoms with Gasteiger partial charge in [-0.25, -0.2) is 0 Å². The number of benzene rings is 1. The minimum absolute atomic E-state index is 0.124. The largest absolute Gasteiger partial charge is 0.481 e. The first kappa shape index (κ1) is 11.8. The van der Waals surface area contributed by atoms with Crippen molar-refractivity contribution in [1.29, 1.82) is 0 Å². The number of Topliss-reactive ketones (excluding diaryl/α,β-unsaturated/α-hetero) is 1. The van der Waals surface area contributed by atoms with Gasteiger partial charge < -0.3 is 5.11 Å². The number of hydrogen-bond donors (Lipinski definition) is 1. The fourth-order valence-electron chi connectivity index (χ4n) is 2.10. The lowest BCUT2D eigenvalue weighted by atomic mass is 9.94. The molecule has 0 saturated heterocycles. The van der Waals surface area contributed by atoms with E-state index in [1.165, 1.54) is 0 Å². The Bertz CT molecular complexity index is 441. The second-order valence-electron chi connectivity index (χ2n) is 4.64. The summed E-state index contributed by atoms with van der Waals surface area (Å²) in [6, 6.07) is 7.06. The van der Waals surface area contributed by atoms with Gasteiger partial charge in [-0.2, -0.15) is 0 Å². The Balaban J connectivity index is 2.19. The Morgan fingerprint density at radius 1 is 1.24 bits per heavy atom. The van der Waals surface area contributed by atoms with Crippen molar-refractivity contribution in [1.82, 2.24) is 0 Å². The van der Waals surface area contributed by atoms with Crippen LogP contribution >= 0.6 is 0 Å². The van der Waals surface area contributed by atoms with E-state index >= 15 is 0 Å². The molecule has 3 heteroatoms. The summed E-state index contributed by atoms with van der Waals surface area (Å²) in [6.45, 7) is 1.97. The van der Waals surface area contributed by atoms with Crippen molar-refractivity contribution in [2.45, 2.75) is 38.0 Å². The van der Waals surface area contributed by atoms with Gasteiger partial charge in [0.25, 0.3) is 0 Å². The van der Waals surface area contributed by atoms with E-state index in [1.54, 1.807) is 24.3 Å². The van der Waals surface area contributed by atoms with Crippen LogP contribution < -0.4 is 0 Å². The molecule has 1 aromatic carbocycles. The number of hydrogen-bond acceptors (Lipinski definition) is 2. The van der Waals surface area contributed by atoms with Crippen LogP contribution in [0.25, 0.3) is 0 Å². The lowest BCUT2D eigenvalue weighted by Gasteiger charge is -2.10. The Labute approximate surface area is 100 Å². The Hall–Kier alpha value is -1.64.